The maximum atomic E-state index is 13.2. The van der Waals surface area contributed by atoms with Crippen molar-refractivity contribution in [2.75, 3.05) is 54.4 Å². The maximum Gasteiger partial charge on any atom is 0.291 e. The number of carbonyl (C=O) groups excluding carboxylic acids is 2. The Labute approximate surface area is 220 Å². The van der Waals surface area contributed by atoms with E-state index in [1.165, 1.54) is 21.3 Å². The van der Waals surface area contributed by atoms with Gasteiger partial charge in [-0.15, -0.1) is 0 Å². The van der Waals surface area contributed by atoms with Gasteiger partial charge >= 0.3 is 0 Å². The summed E-state index contributed by atoms with van der Waals surface area (Å²) in [7, 11) is -3.64. The number of carbonyl (C=O) groups is 2. The molecule has 0 saturated carbocycles. The number of hydrogen-bond acceptors (Lipinski definition) is 8. The number of anilines is 3. The van der Waals surface area contributed by atoms with Gasteiger partial charge < -0.3 is 20.0 Å². The van der Waals surface area contributed by atoms with Crippen LogP contribution in [0.1, 0.15) is 39.3 Å². The van der Waals surface area contributed by atoms with Crippen LogP contribution in [0.3, 0.4) is 0 Å². The van der Waals surface area contributed by atoms with E-state index in [-0.39, 0.29) is 29.0 Å². The monoisotopic (exact) mass is 536 g/mol. The molecule has 1 aromatic carbocycles. The summed E-state index contributed by atoms with van der Waals surface area (Å²) in [4.78, 5) is 34.1. The molecule has 2 fully saturated rings. The van der Waals surface area contributed by atoms with E-state index in [1.807, 2.05) is 6.07 Å². The summed E-state index contributed by atoms with van der Waals surface area (Å²) in [6.45, 7) is 4.55. The first kappa shape index (κ1) is 24.6. The molecule has 2 N–H and O–H groups in total. The average Bonchev–Trinajstić information content (AvgIpc) is 3.70. The zero-order valence-corrected chi connectivity index (χ0v) is 21.5. The molecule has 0 radical (unpaired) electrons. The summed E-state index contributed by atoms with van der Waals surface area (Å²) in [5.41, 5.74) is 2.48. The van der Waals surface area contributed by atoms with Crippen LogP contribution in [0.2, 0.25) is 0 Å². The smallest absolute Gasteiger partial charge is 0.291 e. The van der Waals surface area contributed by atoms with Crippen molar-refractivity contribution in [1.82, 2.24) is 14.6 Å². The summed E-state index contributed by atoms with van der Waals surface area (Å²) in [6.07, 6.45) is 4.97. The van der Waals surface area contributed by atoms with Crippen LogP contribution in [-0.2, 0) is 16.6 Å². The molecule has 2 saturated heterocycles. The fourth-order valence-corrected chi connectivity index (χ4v) is 6.68. The predicted molar refractivity (Wildman–Crippen MR) is 141 cm³/mol. The largest absolute Gasteiger partial charge is 0.435 e. The van der Waals surface area contributed by atoms with Crippen LogP contribution >= 0.6 is 0 Å². The van der Waals surface area contributed by atoms with Crippen LogP contribution in [0, 0.1) is 0 Å². The Morgan fingerprint density at radius 1 is 1.03 bits per heavy atom. The molecular formula is C26H28N6O5S. The lowest BCUT2D eigenvalue weighted by Crippen LogP contribution is -2.43. The Morgan fingerprint density at radius 2 is 1.82 bits per heavy atom. The van der Waals surface area contributed by atoms with Crippen molar-refractivity contribution < 1.29 is 22.4 Å². The Kier molecular flexibility index (Phi) is 6.38. The number of aromatic nitrogens is 1. The Bertz CT molecular complexity index is 1490. The van der Waals surface area contributed by atoms with Gasteiger partial charge in [-0.25, -0.2) is 8.42 Å². The molecule has 3 aromatic rings. The predicted octanol–water partition coefficient (Wildman–Crippen LogP) is 2.28. The van der Waals surface area contributed by atoms with Gasteiger partial charge in [-0.1, -0.05) is 6.07 Å². The van der Waals surface area contributed by atoms with Crippen molar-refractivity contribution in [3.8, 4) is 0 Å². The summed E-state index contributed by atoms with van der Waals surface area (Å²) < 4.78 is 33.2. The van der Waals surface area contributed by atoms with E-state index in [2.05, 4.69) is 20.5 Å². The number of hydrogen-bond donors (Lipinski definition) is 2. The van der Waals surface area contributed by atoms with Crippen LogP contribution in [0.25, 0.3) is 0 Å². The molecule has 12 heteroatoms. The zero-order chi connectivity index (χ0) is 26.3. The van der Waals surface area contributed by atoms with Gasteiger partial charge in [-0.05, 0) is 42.7 Å². The number of pyridine rings is 1. The highest BCUT2D eigenvalue weighted by Gasteiger charge is 2.34. The van der Waals surface area contributed by atoms with E-state index in [9.17, 15) is 18.0 Å². The molecule has 0 atom stereocenters. The number of piperazine rings is 1. The minimum atomic E-state index is -3.64. The number of rotatable bonds is 6. The van der Waals surface area contributed by atoms with Crippen molar-refractivity contribution in [3.05, 3.63) is 65.7 Å². The zero-order valence-electron chi connectivity index (χ0n) is 20.7. The van der Waals surface area contributed by atoms with Gasteiger partial charge in [0.05, 0.1) is 29.0 Å². The summed E-state index contributed by atoms with van der Waals surface area (Å²) >= 11 is 0. The van der Waals surface area contributed by atoms with Gasteiger partial charge in [0.1, 0.15) is 0 Å². The highest BCUT2D eigenvalue weighted by Crippen LogP contribution is 2.33. The fourth-order valence-electron chi connectivity index (χ4n) is 5.14. The number of sulfonamides is 1. The second-order valence-electron chi connectivity index (χ2n) is 9.54. The van der Waals surface area contributed by atoms with E-state index < -0.39 is 15.9 Å². The van der Waals surface area contributed by atoms with Gasteiger partial charge in [0.2, 0.25) is 15.9 Å². The number of fused-ring (bicyclic) bond motifs is 1. The first-order valence-corrected chi connectivity index (χ1v) is 14.1. The quantitative estimate of drug-likeness (QED) is 0.491. The molecule has 0 aliphatic carbocycles. The first-order valence-electron chi connectivity index (χ1n) is 12.7. The molecule has 3 aliphatic rings. The third-order valence-corrected chi connectivity index (χ3v) is 9.07. The molecular weight excluding hydrogens is 508 g/mol. The molecule has 11 nitrogen and oxygen atoms in total. The van der Waals surface area contributed by atoms with Crippen LogP contribution in [-0.4, -0.2) is 68.8 Å². The third kappa shape index (κ3) is 4.44. The minimum Gasteiger partial charge on any atom is -0.435 e. The fraction of sp³-hybridized carbons (Fsp3) is 0.346. The Balaban J connectivity index is 1.19. The molecule has 3 aliphatic heterocycles. The molecule has 0 bridgehead atoms. The SMILES string of the molecule is O=C(Nc1cnccc1N1CCNCC1)c1ccc(N2Cc3ccc(S(=O)(=O)N4CCCC4)cc3C2=O)o1. The highest BCUT2D eigenvalue weighted by atomic mass is 32.2. The normalized spacial score (nSPS) is 18.2. The van der Waals surface area contributed by atoms with E-state index >= 15 is 0 Å². The molecule has 0 spiro atoms. The number of nitrogens with zero attached hydrogens (tertiary/aromatic N) is 4. The van der Waals surface area contributed by atoms with E-state index in [1.54, 1.807) is 30.6 Å². The Morgan fingerprint density at radius 3 is 2.61 bits per heavy atom. The maximum absolute atomic E-state index is 13.2. The average molecular weight is 537 g/mol. The third-order valence-electron chi connectivity index (χ3n) is 7.17. The van der Waals surface area contributed by atoms with Crippen molar-refractivity contribution in [2.45, 2.75) is 24.3 Å². The van der Waals surface area contributed by atoms with Gasteiger partial charge in [0, 0.05) is 57.1 Å². The van der Waals surface area contributed by atoms with E-state index in [0.717, 1.165) is 44.7 Å². The molecule has 6 rings (SSSR count). The van der Waals surface area contributed by atoms with Gasteiger partial charge in [-0.3, -0.25) is 19.5 Å². The topological polar surface area (TPSA) is 128 Å². The van der Waals surface area contributed by atoms with Crippen LogP contribution in [0.5, 0.6) is 0 Å². The van der Waals surface area contributed by atoms with Crippen molar-refractivity contribution in [3.63, 3.8) is 0 Å². The van der Waals surface area contributed by atoms with Gasteiger partial charge in [-0.2, -0.15) is 4.31 Å². The standard InChI is InChI=1S/C26H28N6O5S/c33-25(29-21-16-28-8-7-22(21)30-13-9-27-10-14-30)23-5-6-24(37-23)32-17-18-3-4-19(15-20(18)26(32)34)38(35,36)31-11-1-2-12-31/h3-8,15-16,27H,1-2,9-14,17H2,(H,29,33). The van der Waals surface area contributed by atoms with Crippen LogP contribution in [0.4, 0.5) is 17.3 Å². The number of nitrogens with one attached hydrogen (secondary N) is 2. The lowest BCUT2D eigenvalue weighted by molar-refractivity contribution is 0.0975. The van der Waals surface area contributed by atoms with Crippen molar-refractivity contribution in [2.24, 2.45) is 0 Å². The lowest BCUT2D eigenvalue weighted by Gasteiger charge is -2.30. The number of benzene rings is 1. The number of amides is 2. The van der Waals surface area contributed by atoms with Gasteiger partial charge in [0.25, 0.3) is 11.8 Å². The van der Waals surface area contributed by atoms with Gasteiger partial charge in [0.15, 0.2) is 5.76 Å². The summed E-state index contributed by atoms with van der Waals surface area (Å²) in [6, 6.07) is 9.63. The van der Waals surface area contributed by atoms with Crippen molar-refractivity contribution >= 4 is 39.1 Å². The molecule has 2 amide bonds. The van der Waals surface area contributed by atoms with E-state index in [0.29, 0.717) is 29.9 Å². The highest BCUT2D eigenvalue weighted by molar-refractivity contribution is 7.89. The van der Waals surface area contributed by atoms with Crippen LogP contribution < -0.4 is 20.4 Å². The summed E-state index contributed by atoms with van der Waals surface area (Å²) in [5, 5.41) is 6.18. The Hall–Kier alpha value is -3.74. The van der Waals surface area contributed by atoms with Crippen LogP contribution in [0.15, 0.2) is 58.1 Å². The minimum absolute atomic E-state index is 0.0520. The summed E-state index contributed by atoms with van der Waals surface area (Å²) in [5.74, 6) is -0.554. The molecule has 0 unspecified atom stereocenters. The second kappa shape index (κ2) is 9.86. The molecule has 198 valence electrons. The number of furan rings is 1. The molecule has 38 heavy (non-hydrogen) atoms. The molecule has 5 heterocycles. The lowest BCUT2D eigenvalue weighted by atomic mass is 10.1. The first-order chi connectivity index (χ1) is 18.4. The second-order valence-corrected chi connectivity index (χ2v) is 11.5. The van der Waals surface area contributed by atoms with E-state index in [4.69, 9.17) is 4.42 Å². The molecule has 2 aromatic heterocycles. The van der Waals surface area contributed by atoms with Crippen molar-refractivity contribution in [1.29, 1.82) is 0 Å².